The highest BCUT2D eigenvalue weighted by Gasteiger charge is 2.25. The van der Waals surface area contributed by atoms with Crippen molar-refractivity contribution < 1.29 is 22.7 Å². The second-order valence-electron chi connectivity index (χ2n) is 4.20. The highest BCUT2D eigenvalue weighted by molar-refractivity contribution is 7.98. The van der Waals surface area contributed by atoms with Gasteiger partial charge in [0.25, 0.3) is 0 Å². The second kappa shape index (κ2) is 7.05. The van der Waals surface area contributed by atoms with Gasteiger partial charge in [0.1, 0.15) is 11.9 Å². The molecule has 1 aromatic rings. The SMILES string of the molecule is CSCC[C@H](NS(=O)(=O)c1ccc(F)c(C)c1)C(=O)O. The van der Waals surface area contributed by atoms with Gasteiger partial charge in [-0.2, -0.15) is 16.5 Å². The minimum Gasteiger partial charge on any atom is -0.480 e. The Labute approximate surface area is 121 Å². The first kappa shape index (κ1) is 16.9. The molecule has 1 rings (SSSR count). The van der Waals surface area contributed by atoms with Gasteiger partial charge in [-0.1, -0.05) is 0 Å². The molecule has 0 spiro atoms. The van der Waals surface area contributed by atoms with Crippen LogP contribution in [-0.4, -0.2) is 37.5 Å². The third-order valence-corrected chi connectivity index (χ3v) is 4.76. The van der Waals surface area contributed by atoms with E-state index in [0.29, 0.717) is 5.75 Å². The van der Waals surface area contributed by atoms with Crippen LogP contribution in [0.25, 0.3) is 0 Å². The molecule has 0 bridgehead atoms. The predicted octanol–water partition coefficient (Wildman–Crippen LogP) is 1.62. The predicted molar refractivity (Wildman–Crippen MR) is 75.9 cm³/mol. The molecule has 0 heterocycles. The first-order valence-electron chi connectivity index (χ1n) is 5.78. The average Bonchev–Trinajstić information content (AvgIpc) is 2.37. The van der Waals surface area contributed by atoms with Crippen LogP contribution in [0, 0.1) is 12.7 Å². The van der Waals surface area contributed by atoms with Gasteiger partial charge in [-0.05, 0) is 49.1 Å². The van der Waals surface area contributed by atoms with Gasteiger partial charge >= 0.3 is 5.97 Å². The summed E-state index contributed by atoms with van der Waals surface area (Å²) in [6.45, 7) is 1.44. The average molecular weight is 321 g/mol. The van der Waals surface area contributed by atoms with Crippen molar-refractivity contribution in [2.75, 3.05) is 12.0 Å². The Morgan fingerprint density at radius 2 is 2.15 bits per heavy atom. The topological polar surface area (TPSA) is 83.5 Å². The molecular formula is C12H16FNO4S2. The lowest BCUT2D eigenvalue weighted by atomic mass is 10.2. The third kappa shape index (κ3) is 4.46. The summed E-state index contributed by atoms with van der Waals surface area (Å²) in [5.41, 5.74) is 0.184. The standard InChI is InChI=1S/C12H16FNO4S2/c1-8-7-9(3-4-10(8)13)20(17,18)14-11(12(15)16)5-6-19-2/h3-4,7,11,14H,5-6H2,1-2H3,(H,15,16)/t11-/m0/s1. The fourth-order valence-electron chi connectivity index (χ4n) is 1.51. The largest absolute Gasteiger partial charge is 0.480 e. The zero-order valence-electron chi connectivity index (χ0n) is 11.1. The van der Waals surface area contributed by atoms with E-state index in [1.165, 1.54) is 24.8 Å². The van der Waals surface area contributed by atoms with Gasteiger partial charge in [-0.3, -0.25) is 4.79 Å². The van der Waals surface area contributed by atoms with Crippen molar-refractivity contribution in [1.82, 2.24) is 4.72 Å². The van der Waals surface area contributed by atoms with E-state index < -0.39 is 27.9 Å². The molecule has 0 aliphatic carbocycles. The number of nitrogens with one attached hydrogen (secondary N) is 1. The number of carbonyl (C=O) groups is 1. The van der Waals surface area contributed by atoms with Gasteiger partial charge in [-0.15, -0.1) is 0 Å². The molecule has 0 amide bonds. The molecule has 0 fully saturated rings. The van der Waals surface area contributed by atoms with Crippen molar-refractivity contribution in [3.05, 3.63) is 29.6 Å². The van der Waals surface area contributed by atoms with Crippen molar-refractivity contribution in [3.63, 3.8) is 0 Å². The molecular weight excluding hydrogens is 305 g/mol. The summed E-state index contributed by atoms with van der Waals surface area (Å²) < 4.78 is 39.4. The summed E-state index contributed by atoms with van der Waals surface area (Å²) in [5.74, 6) is -1.23. The van der Waals surface area contributed by atoms with E-state index in [2.05, 4.69) is 4.72 Å². The van der Waals surface area contributed by atoms with Crippen LogP contribution in [0.3, 0.4) is 0 Å². The first-order chi connectivity index (χ1) is 9.27. The molecule has 0 saturated heterocycles. The Morgan fingerprint density at radius 3 is 2.65 bits per heavy atom. The smallest absolute Gasteiger partial charge is 0.321 e. The maximum absolute atomic E-state index is 13.1. The van der Waals surface area contributed by atoms with Gasteiger partial charge in [0, 0.05) is 0 Å². The van der Waals surface area contributed by atoms with Crippen molar-refractivity contribution in [2.45, 2.75) is 24.3 Å². The van der Waals surface area contributed by atoms with Crippen LogP contribution in [0.1, 0.15) is 12.0 Å². The Hall–Kier alpha value is -1.12. The lowest BCUT2D eigenvalue weighted by molar-refractivity contribution is -0.139. The quantitative estimate of drug-likeness (QED) is 0.797. The van der Waals surface area contributed by atoms with Gasteiger partial charge in [0.2, 0.25) is 10.0 Å². The van der Waals surface area contributed by atoms with E-state index in [1.54, 1.807) is 6.26 Å². The summed E-state index contributed by atoms with van der Waals surface area (Å²) >= 11 is 1.43. The van der Waals surface area contributed by atoms with Crippen LogP contribution >= 0.6 is 11.8 Å². The van der Waals surface area contributed by atoms with Crippen LogP contribution < -0.4 is 4.72 Å². The molecule has 5 nitrogen and oxygen atoms in total. The summed E-state index contributed by atoms with van der Waals surface area (Å²) in [6.07, 6.45) is 1.98. The molecule has 112 valence electrons. The van der Waals surface area contributed by atoms with E-state index >= 15 is 0 Å². The normalized spacial score (nSPS) is 13.2. The molecule has 2 N–H and O–H groups in total. The molecule has 0 radical (unpaired) electrons. The van der Waals surface area contributed by atoms with Crippen molar-refractivity contribution >= 4 is 27.8 Å². The molecule has 0 aliphatic rings. The molecule has 1 aromatic carbocycles. The molecule has 8 heteroatoms. The van der Waals surface area contributed by atoms with Crippen LogP contribution in [-0.2, 0) is 14.8 Å². The van der Waals surface area contributed by atoms with E-state index in [9.17, 15) is 17.6 Å². The number of hydrogen-bond acceptors (Lipinski definition) is 4. The number of hydrogen-bond donors (Lipinski definition) is 2. The van der Waals surface area contributed by atoms with Crippen LogP contribution in [0.4, 0.5) is 4.39 Å². The number of aryl methyl sites for hydroxylation is 1. The third-order valence-electron chi connectivity index (χ3n) is 2.65. The summed E-state index contributed by atoms with van der Waals surface area (Å²) in [7, 11) is -3.98. The number of carboxylic acid groups (broad SMARTS) is 1. The number of sulfonamides is 1. The highest BCUT2D eigenvalue weighted by atomic mass is 32.2. The lowest BCUT2D eigenvalue weighted by Gasteiger charge is -2.14. The van der Waals surface area contributed by atoms with Gasteiger partial charge in [-0.25, -0.2) is 12.8 Å². The molecule has 0 unspecified atom stereocenters. The van der Waals surface area contributed by atoms with E-state index in [0.717, 1.165) is 12.1 Å². The maximum atomic E-state index is 13.1. The Kier molecular flexibility index (Phi) is 5.97. The number of aliphatic carboxylic acids is 1. The second-order valence-corrected chi connectivity index (χ2v) is 6.90. The number of thioether (sulfide) groups is 1. The Bertz CT molecular complexity index is 589. The van der Waals surface area contributed by atoms with Crippen molar-refractivity contribution in [2.24, 2.45) is 0 Å². The van der Waals surface area contributed by atoms with Gasteiger partial charge in [0.05, 0.1) is 4.90 Å². The summed E-state index contributed by atoms with van der Waals surface area (Å²) in [5, 5.41) is 9.01. The fraction of sp³-hybridized carbons (Fsp3) is 0.417. The molecule has 0 saturated carbocycles. The Morgan fingerprint density at radius 1 is 1.50 bits per heavy atom. The van der Waals surface area contributed by atoms with Gasteiger partial charge in [0.15, 0.2) is 0 Å². The van der Waals surface area contributed by atoms with Crippen LogP contribution in [0.2, 0.25) is 0 Å². The van der Waals surface area contributed by atoms with Crippen LogP contribution in [0.5, 0.6) is 0 Å². The van der Waals surface area contributed by atoms with Crippen molar-refractivity contribution in [3.8, 4) is 0 Å². The fourth-order valence-corrected chi connectivity index (χ4v) is 3.29. The molecule has 1 atom stereocenters. The number of halogens is 1. The number of carboxylic acids is 1. The molecule has 0 aliphatic heterocycles. The van der Waals surface area contributed by atoms with Crippen LogP contribution in [0.15, 0.2) is 23.1 Å². The Balaban J connectivity index is 2.97. The minimum atomic E-state index is -3.98. The zero-order chi connectivity index (χ0) is 15.3. The van der Waals surface area contributed by atoms with E-state index in [-0.39, 0.29) is 16.9 Å². The summed E-state index contributed by atoms with van der Waals surface area (Å²) in [6, 6.07) is 2.13. The maximum Gasteiger partial charge on any atom is 0.321 e. The number of rotatable bonds is 7. The molecule has 0 aromatic heterocycles. The van der Waals surface area contributed by atoms with Gasteiger partial charge < -0.3 is 5.11 Å². The monoisotopic (exact) mass is 321 g/mol. The molecule has 20 heavy (non-hydrogen) atoms. The van der Waals surface area contributed by atoms with E-state index in [4.69, 9.17) is 5.11 Å². The summed E-state index contributed by atoms with van der Waals surface area (Å²) in [4.78, 5) is 10.9. The van der Waals surface area contributed by atoms with Crippen molar-refractivity contribution in [1.29, 1.82) is 0 Å². The number of benzene rings is 1. The van der Waals surface area contributed by atoms with E-state index in [1.807, 2.05) is 0 Å². The lowest BCUT2D eigenvalue weighted by Crippen LogP contribution is -2.41. The first-order valence-corrected chi connectivity index (χ1v) is 8.66. The highest BCUT2D eigenvalue weighted by Crippen LogP contribution is 2.15. The minimum absolute atomic E-state index is 0.146. The zero-order valence-corrected chi connectivity index (χ0v) is 12.7.